The zero-order valence-corrected chi connectivity index (χ0v) is 40.9. The molecule has 5 aliphatic rings. The summed E-state index contributed by atoms with van der Waals surface area (Å²) < 4.78 is 58.2. The van der Waals surface area contributed by atoms with Gasteiger partial charge < -0.3 is 150 Å². The Kier molecular flexibility index (Phi) is 23.5. The quantitative estimate of drug-likeness (QED) is 0.0479. The topological polar surface area (TPSA) is 524 Å². The second-order valence-electron chi connectivity index (χ2n) is 18.8. The first-order valence-corrected chi connectivity index (χ1v) is 23.9. The molecule has 5 aliphatic heterocycles. The standard InChI is InChI=1S/C42H73N3O30/c1-11-23(55)29(61)31(63)40(67-11)74-36-22(45-14(4)53)38(66-10-16(54)24(56)34(15(5-46)43-12(2)51)72-41-32(64)30(62)26(58)18(7-48)69-41)71-20(9-50)35(36)73-42-33(65)37(27(59)19(8-49)70-42)75-39-21(44-13(3)52)28(60)25(57)17(6-47)68-39/h11,15-42,46-50,54-65H,5-10H2,1-4H3,(H,43,51)(H,44,52)(H,45,53)/t11-,15-,16+,17+,18+,19+,20+,21+,22+,23+,24-,25-,26-,27-,28+,29+,30-,31-,32+,33+,34+,35+,36+,37-,38+,39-,40-,41-,42-/m0/s1. The fourth-order valence-corrected chi connectivity index (χ4v) is 9.16. The molecule has 0 radical (unpaired) electrons. The van der Waals surface area contributed by atoms with Crippen molar-refractivity contribution < 1.29 is 149 Å². The molecule has 0 spiro atoms. The van der Waals surface area contributed by atoms with Gasteiger partial charge in [-0.25, -0.2) is 0 Å². The summed E-state index contributed by atoms with van der Waals surface area (Å²) in [6, 6.07) is -5.02. The maximum atomic E-state index is 13.0. The highest BCUT2D eigenvalue weighted by Crippen LogP contribution is 2.36. The van der Waals surface area contributed by atoms with Crippen molar-refractivity contribution in [3.8, 4) is 0 Å². The normalized spacial score (nSPS) is 44.2. The van der Waals surface area contributed by atoms with Gasteiger partial charge in [0, 0.05) is 20.8 Å². The van der Waals surface area contributed by atoms with Crippen molar-refractivity contribution in [3.05, 3.63) is 0 Å². The molecule has 0 bridgehead atoms. The Morgan fingerprint density at radius 1 is 0.480 bits per heavy atom. The number of aliphatic hydroxyl groups is 17. The van der Waals surface area contributed by atoms with Gasteiger partial charge in [0.15, 0.2) is 31.5 Å². The van der Waals surface area contributed by atoms with Crippen LogP contribution in [0.25, 0.3) is 0 Å². The van der Waals surface area contributed by atoms with E-state index in [2.05, 4.69) is 16.0 Å². The van der Waals surface area contributed by atoms with E-state index in [4.69, 9.17) is 47.4 Å². The molecule has 20 N–H and O–H groups in total. The van der Waals surface area contributed by atoms with Gasteiger partial charge in [-0.15, -0.1) is 0 Å². The predicted octanol–water partition coefficient (Wildman–Crippen LogP) is -13.0. The van der Waals surface area contributed by atoms with E-state index < -0.39 is 235 Å². The van der Waals surface area contributed by atoms with Crippen LogP contribution in [0.5, 0.6) is 0 Å². The molecule has 0 aliphatic carbocycles. The summed E-state index contributed by atoms with van der Waals surface area (Å²) in [5.74, 6) is -2.44. The van der Waals surface area contributed by atoms with E-state index in [9.17, 15) is 101 Å². The van der Waals surface area contributed by atoms with E-state index in [0.29, 0.717) is 0 Å². The SMILES string of the molecule is CC(=O)N[C@H]1[C@H](O[C@H]2[C@@H](O)[C@@H](CO)O[C@@H](O[C@H]3[C@H](O[C@@H]4O[C@@H](C)[C@@H](O)[C@@H](O)[C@@H]4O)[C@@H](NC(C)=O)[C@H](OC[C@@H](O)[C@H](O)[C@H](O[C@@H]4O[C@H](CO)[C@H](O)[C@H](O)[C@H]4O)[C@H](CO)NC(C)=O)O[C@@H]3CO)[C@@H]2O)O[C@H](CO)[C@H](O)[C@@H]1O. The number of carbonyl (C=O) groups excluding carboxylic acids is 3. The van der Waals surface area contributed by atoms with Crippen LogP contribution in [0.4, 0.5) is 0 Å². The third-order valence-electron chi connectivity index (χ3n) is 13.2. The van der Waals surface area contributed by atoms with Crippen LogP contribution in [0.3, 0.4) is 0 Å². The molecule has 75 heavy (non-hydrogen) atoms. The Morgan fingerprint density at radius 3 is 1.51 bits per heavy atom. The summed E-state index contributed by atoms with van der Waals surface area (Å²) in [6.45, 7) is -1.64. The lowest BCUT2D eigenvalue weighted by Gasteiger charge is -2.51. The molecule has 5 saturated heterocycles. The third kappa shape index (κ3) is 14.8. The van der Waals surface area contributed by atoms with Gasteiger partial charge in [-0.2, -0.15) is 0 Å². The number of hydrogen-bond donors (Lipinski definition) is 20. The molecule has 3 amide bonds. The molecule has 436 valence electrons. The molecule has 0 aromatic carbocycles. The molecule has 0 aromatic rings. The van der Waals surface area contributed by atoms with Crippen LogP contribution >= 0.6 is 0 Å². The van der Waals surface area contributed by atoms with E-state index >= 15 is 0 Å². The zero-order chi connectivity index (χ0) is 55.9. The summed E-state index contributed by atoms with van der Waals surface area (Å²) in [7, 11) is 0. The van der Waals surface area contributed by atoms with Crippen molar-refractivity contribution in [1.82, 2.24) is 16.0 Å². The average Bonchev–Trinajstić information content (AvgIpc) is 3.37. The number of aliphatic hydroxyl groups excluding tert-OH is 17. The first-order valence-electron chi connectivity index (χ1n) is 23.9. The molecule has 0 unspecified atom stereocenters. The Hall–Kier alpha value is -2.67. The van der Waals surface area contributed by atoms with Crippen LogP contribution in [-0.4, -0.2) is 322 Å². The third-order valence-corrected chi connectivity index (χ3v) is 13.2. The van der Waals surface area contributed by atoms with E-state index in [0.717, 1.165) is 20.8 Å². The van der Waals surface area contributed by atoms with Gasteiger partial charge in [-0.3, -0.25) is 14.4 Å². The van der Waals surface area contributed by atoms with Crippen LogP contribution in [-0.2, 0) is 61.8 Å². The molecule has 29 atom stereocenters. The molecule has 5 heterocycles. The highest BCUT2D eigenvalue weighted by Gasteiger charge is 2.57. The zero-order valence-electron chi connectivity index (χ0n) is 40.9. The molecule has 0 saturated carbocycles. The van der Waals surface area contributed by atoms with Crippen molar-refractivity contribution >= 4 is 17.7 Å². The van der Waals surface area contributed by atoms with E-state index in [1.807, 2.05) is 0 Å². The fourth-order valence-electron chi connectivity index (χ4n) is 9.16. The van der Waals surface area contributed by atoms with Gasteiger partial charge in [0.05, 0.1) is 51.8 Å². The van der Waals surface area contributed by atoms with Crippen molar-refractivity contribution in [2.24, 2.45) is 0 Å². The summed E-state index contributed by atoms with van der Waals surface area (Å²) in [6.07, 6.45) is -49.3. The van der Waals surface area contributed by atoms with Crippen LogP contribution in [0, 0.1) is 0 Å². The monoisotopic (exact) mass is 1100 g/mol. The minimum atomic E-state index is -2.27. The largest absolute Gasteiger partial charge is 0.394 e. The highest BCUT2D eigenvalue weighted by atomic mass is 16.8. The van der Waals surface area contributed by atoms with E-state index in [1.165, 1.54) is 6.92 Å². The minimum absolute atomic E-state index is 0.765. The van der Waals surface area contributed by atoms with Crippen molar-refractivity contribution in [2.45, 2.75) is 205 Å². The number of amides is 3. The molecule has 5 fully saturated rings. The first kappa shape index (κ1) is 63.2. The fraction of sp³-hybridized carbons (Fsp3) is 0.929. The van der Waals surface area contributed by atoms with Crippen molar-refractivity contribution in [1.29, 1.82) is 0 Å². The number of hydrogen-bond acceptors (Lipinski definition) is 30. The van der Waals surface area contributed by atoms with Gasteiger partial charge in [0.25, 0.3) is 0 Å². The Labute approximate surface area is 426 Å². The second-order valence-corrected chi connectivity index (χ2v) is 18.8. The molecule has 5 rings (SSSR count). The molecule has 33 heteroatoms. The molecule has 0 aromatic heterocycles. The lowest BCUT2D eigenvalue weighted by Crippen LogP contribution is -2.70. The maximum Gasteiger partial charge on any atom is 0.217 e. The summed E-state index contributed by atoms with van der Waals surface area (Å²) in [5, 5.41) is 189. The molecular weight excluding hydrogens is 1030 g/mol. The average molecular weight is 1100 g/mol. The van der Waals surface area contributed by atoms with E-state index in [1.54, 1.807) is 0 Å². The maximum absolute atomic E-state index is 13.0. The number of nitrogens with one attached hydrogen (secondary N) is 3. The van der Waals surface area contributed by atoms with Crippen molar-refractivity contribution in [3.63, 3.8) is 0 Å². The Bertz CT molecular complexity index is 1800. The number of ether oxygens (including phenoxy) is 10. The van der Waals surface area contributed by atoms with Crippen LogP contribution in [0.1, 0.15) is 27.7 Å². The second kappa shape index (κ2) is 28.0. The summed E-state index contributed by atoms with van der Waals surface area (Å²) in [4.78, 5) is 37.3. The first-order chi connectivity index (χ1) is 35.3. The van der Waals surface area contributed by atoms with Crippen LogP contribution in [0.15, 0.2) is 0 Å². The lowest BCUT2D eigenvalue weighted by atomic mass is 9.94. The van der Waals surface area contributed by atoms with E-state index in [-0.39, 0.29) is 0 Å². The van der Waals surface area contributed by atoms with Crippen LogP contribution < -0.4 is 16.0 Å². The number of rotatable bonds is 22. The highest BCUT2D eigenvalue weighted by molar-refractivity contribution is 5.74. The van der Waals surface area contributed by atoms with Crippen molar-refractivity contribution in [2.75, 3.05) is 39.6 Å². The smallest absolute Gasteiger partial charge is 0.217 e. The molecular formula is C42H73N3O30. The van der Waals surface area contributed by atoms with Gasteiger partial charge in [-0.05, 0) is 6.92 Å². The van der Waals surface area contributed by atoms with Gasteiger partial charge >= 0.3 is 0 Å². The van der Waals surface area contributed by atoms with Gasteiger partial charge in [0.1, 0.15) is 134 Å². The van der Waals surface area contributed by atoms with Gasteiger partial charge in [0.2, 0.25) is 17.7 Å². The number of carbonyl (C=O) groups is 3. The lowest BCUT2D eigenvalue weighted by molar-refractivity contribution is -0.383. The minimum Gasteiger partial charge on any atom is -0.394 e. The summed E-state index contributed by atoms with van der Waals surface area (Å²) in [5.41, 5.74) is 0. The predicted molar refractivity (Wildman–Crippen MR) is 235 cm³/mol. The van der Waals surface area contributed by atoms with Gasteiger partial charge in [-0.1, -0.05) is 0 Å². The van der Waals surface area contributed by atoms with Crippen LogP contribution in [0.2, 0.25) is 0 Å². The summed E-state index contributed by atoms with van der Waals surface area (Å²) >= 11 is 0. The Morgan fingerprint density at radius 2 is 0.947 bits per heavy atom. The Balaban J connectivity index is 1.48. The molecule has 33 nitrogen and oxygen atoms in total.